The average Bonchev–Trinajstić information content (AvgIpc) is 2.16. The number of phenols is 1. The lowest BCUT2D eigenvalue weighted by atomic mass is 9.94. The zero-order valence-electron chi connectivity index (χ0n) is 7.46. The third-order valence-corrected chi connectivity index (χ3v) is 2.51. The van der Waals surface area contributed by atoms with Gasteiger partial charge in [0.25, 0.3) is 0 Å². The maximum atomic E-state index is 9.29. The molecule has 0 saturated heterocycles. The maximum Gasteiger partial charge on any atom is 0.116 e. The Morgan fingerprint density at radius 1 is 1.54 bits per heavy atom. The third kappa shape index (κ3) is 1.60. The van der Waals surface area contributed by atoms with Gasteiger partial charge in [-0.3, -0.25) is 0 Å². The predicted molar refractivity (Wildman–Crippen MR) is 52.8 cm³/mol. The summed E-state index contributed by atoms with van der Waals surface area (Å²) < 4.78 is 0. The fourth-order valence-electron chi connectivity index (χ4n) is 1.73. The number of nitrogens with one attached hydrogen (secondary N) is 1. The van der Waals surface area contributed by atoms with E-state index >= 15 is 0 Å². The highest BCUT2D eigenvalue weighted by Crippen LogP contribution is 2.27. The molecule has 1 aromatic rings. The van der Waals surface area contributed by atoms with Crippen molar-refractivity contribution < 1.29 is 5.11 Å². The molecule has 2 rings (SSSR count). The van der Waals surface area contributed by atoms with Crippen LogP contribution in [-0.4, -0.2) is 18.2 Å². The minimum absolute atomic E-state index is 0.332. The maximum absolute atomic E-state index is 9.29. The molecule has 0 amide bonds. The second-order valence-corrected chi connectivity index (χ2v) is 3.53. The highest BCUT2D eigenvalue weighted by molar-refractivity contribution is 5.55. The number of hydrogen-bond acceptors (Lipinski definition) is 3. The first-order valence-corrected chi connectivity index (χ1v) is 4.55. The zero-order valence-corrected chi connectivity index (χ0v) is 7.46. The highest BCUT2D eigenvalue weighted by atomic mass is 16.3. The first-order chi connectivity index (χ1) is 6.29. The predicted octanol–water partition coefficient (Wildman–Crippen LogP) is 0.935. The largest absolute Gasteiger partial charge is 0.508 e. The van der Waals surface area contributed by atoms with Gasteiger partial charge in [-0.25, -0.2) is 0 Å². The van der Waals surface area contributed by atoms with Crippen LogP contribution in [0.2, 0.25) is 0 Å². The molecule has 1 unspecified atom stereocenters. The Hall–Kier alpha value is -1.22. The van der Waals surface area contributed by atoms with Gasteiger partial charge in [0.1, 0.15) is 5.75 Å². The van der Waals surface area contributed by atoms with Gasteiger partial charge in [0, 0.05) is 12.2 Å². The molecule has 3 heteroatoms. The van der Waals surface area contributed by atoms with Crippen LogP contribution in [0.4, 0.5) is 5.69 Å². The number of fused-ring (bicyclic) bond motifs is 1. The molecule has 0 saturated carbocycles. The quantitative estimate of drug-likeness (QED) is 0.561. The van der Waals surface area contributed by atoms with Crippen molar-refractivity contribution in [2.45, 2.75) is 6.42 Å². The minimum Gasteiger partial charge on any atom is -0.508 e. The van der Waals surface area contributed by atoms with E-state index in [1.165, 1.54) is 5.56 Å². The molecule has 0 fully saturated rings. The van der Waals surface area contributed by atoms with E-state index in [-0.39, 0.29) is 0 Å². The monoisotopic (exact) mass is 178 g/mol. The molecule has 0 aliphatic carbocycles. The molecule has 4 N–H and O–H groups in total. The number of hydrogen-bond donors (Lipinski definition) is 3. The molecule has 0 radical (unpaired) electrons. The molecule has 1 atom stereocenters. The molecule has 0 spiro atoms. The van der Waals surface area contributed by atoms with Crippen molar-refractivity contribution in [2.75, 3.05) is 18.4 Å². The topological polar surface area (TPSA) is 58.3 Å². The van der Waals surface area contributed by atoms with Crippen LogP contribution < -0.4 is 11.1 Å². The lowest BCUT2D eigenvalue weighted by Gasteiger charge is -2.25. The Kier molecular flexibility index (Phi) is 2.10. The summed E-state index contributed by atoms with van der Waals surface area (Å²) in [5.74, 6) is 0.826. The van der Waals surface area contributed by atoms with E-state index in [0.717, 1.165) is 18.7 Å². The standard InChI is InChI=1S/C10H14N2O/c11-5-7-3-8-4-9(13)1-2-10(8)12-6-7/h1-2,4,7,12-13H,3,5-6,11H2. The van der Waals surface area contributed by atoms with Crippen molar-refractivity contribution >= 4 is 5.69 Å². The van der Waals surface area contributed by atoms with Crippen molar-refractivity contribution in [3.63, 3.8) is 0 Å². The summed E-state index contributed by atoms with van der Waals surface area (Å²) in [5.41, 5.74) is 7.89. The Labute approximate surface area is 77.6 Å². The lowest BCUT2D eigenvalue weighted by molar-refractivity contribution is 0.472. The van der Waals surface area contributed by atoms with E-state index in [1.54, 1.807) is 6.07 Å². The van der Waals surface area contributed by atoms with E-state index in [9.17, 15) is 5.11 Å². The average molecular weight is 178 g/mol. The molecule has 0 bridgehead atoms. The van der Waals surface area contributed by atoms with Crippen molar-refractivity contribution in [1.29, 1.82) is 0 Å². The molecule has 1 aliphatic rings. The molecular formula is C10H14N2O. The van der Waals surface area contributed by atoms with E-state index in [0.29, 0.717) is 18.2 Å². The van der Waals surface area contributed by atoms with Gasteiger partial charge >= 0.3 is 0 Å². The van der Waals surface area contributed by atoms with Crippen LogP contribution >= 0.6 is 0 Å². The van der Waals surface area contributed by atoms with Crippen LogP contribution in [-0.2, 0) is 6.42 Å². The summed E-state index contributed by atoms with van der Waals surface area (Å²) >= 11 is 0. The lowest BCUT2D eigenvalue weighted by Crippen LogP contribution is -2.29. The Bertz CT molecular complexity index is 312. The van der Waals surface area contributed by atoms with E-state index < -0.39 is 0 Å². The number of nitrogens with two attached hydrogens (primary N) is 1. The normalized spacial score (nSPS) is 20.5. The summed E-state index contributed by atoms with van der Waals surface area (Å²) in [6, 6.07) is 5.43. The Morgan fingerprint density at radius 3 is 3.15 bits per heavy atom. The summed E-state index contributed by atoms with van der Waals surface area (Å²) in [6.07, 6.45) is 0.966. The van der Waals surface area contributed by atoms with Gasteiger partial charge in [-0.2, -0.15) is 0 Å². The fourth-order valence-corrected chi connectivity index (χ4v) is 1.73. The van der Waals surface area contributed by atoms with Crippen LogP contribution in [0, 0.1) is 5.92 Å². The second kappa shape index (κ2) is 3.26. The molecule has 3 nitrogen and oxygen atoms in total. The molecule has 70 valence electrons. The second-order valence-electron chi connectivity index (χ2n) is 3.53. The van der Waals surface area contributed by atoms with E-state index in [4.69, 9.17) is 5.73 Å². The first kappa shape index (κ1) is 8.38. The summed E-state index contributed by atoms with van der Waals surface area (Å²) in [6.45, 7) is 1.64. The van der Waals surface area contributed by atoms with Crippen LogP contribution in [0.15, 0.2) is 18.2 Å². The van der Waals surface area contributed by atoms with Crippen LogP contribution in [0.3, 0.4) is 0 Å². The van der Waals surface area contributed by atoms with Crippen LogP contribution in [0.5, 0.6) is 5.75 Å². The molecule has 13 heavy (non-hydrogen) atoms. The van der Waals surface area contributed by atoms with E-state index in [2.05, 4.69) is 5.32 Å². The highest BCUT2D eigenvalue weighted by Gasteiger charge is 2.16. The smallest absolute Gasteiger partial charge is 0.116 e. The summed E-state index contributed by atoms with van der Waals surface area (Å²) in [5, 5.41) is 12.6. The van der Waals surface area contributed by atoms with Crippen molar-refractivity contribution in [3.8, 4) is 5.75 Å². The Morgan fingerprint density at radius 2 is 2.38 bits per heavy atom. The van der Waals surface area contributed by atoms with Gasteiger partial charge in [0.2, 0.25) is 0 Å². The van der Waals surface area contributed by atoms with Crippen LogP contribution in [0.1, 0.15) is 5.56 Å². The number of anilines is 1. The van der Waals surface area contributed by atoms with Crippen molar-refractivity contribution in [1.82, 2.24) is 0 Å². The van der Waals surface area contributed by atoms with Crippen molar-refractivity contribution in [3.05, 3.63) is 23.8 Å². The number of rotatable bonds is 1. The van der Waals surface area contributed by atoms with Crippen molar-refractivity contribution in [2.24, 2.45) is 11.7 Å². The summed E-state index contributed by atoms with van der Waals surface area (Å²) in [7, 11) is 0. The zero-order chi connectivity index (χ0) is 9.26. The van der Waals surface area contributed by atoms with Gasteiger partial charge in [-0.15, -0.1) is 0 Å². The number of aromatic hydroxyl groups is 1. The molecular weight excluding hydrogens is 164 g/mol. The SMILES string of the molecule is NCC1CNc2ccc(O)cc2C1. The fraction of sp³-hybridized carbons (Fsp3) is 0.400. The minimum atomic E-state index is 0.332. The molecule has 1 aromatic carbocycles. The van der Waals surface area contributed by atoms with Gasteiger partial charge < -0.3 is 16.2 Å². The number of benzene rings is 1. The van der Waals surface area contributed by atoms with Gasteiger partial charge in [-0.05, 0) is 42.6 Å². The third-order valence-electron chi connectivity index (χ3n) is 2.51. The molecule has 1 aliphatic heterocycles. The van der Waals surface area contributed by atoms with Gasteiger partial charge in [0.05, 0.1) is 0 Å². The van der Waals surface area contributed by atoms with E-state index in [1.807, 2.05) is 12.1 Å². The number of phenolic OH excluding ortho intramolecular Hbond substituents is 1. The van der Waals surface area contributed by atoms with Crippen LogP contribution in [0.25, 0.3) is 0 Å². The van der Waals surface area contributed by atoms with Gasteiger partial charge in [0.15, 0.2) is 0 Å². The Balaban J connectivity index is 2.27. The first-order valence-electron chi connectivity index (χ1n) is 4.55. The summed E-state index contributed by atoms with van der Waals surface area (Å²) in [4.78, 5) is 0. The molecule has 0 aromatic heterocycles. The molecule has 1 heterocycles. The van der Waals surface area contributed by atoms with Gasteiger partial charge in [-0.1, -0.05) is 0 Å².